The fourth-order valence-electron chi connectivity index (χ4n) is 3.33. The second-order valence-electron chi connectivity index (χ2n) is 7.51. The Morgan fingerprint density at radius 1 is 1.20 bits per heavy atom. The Hall–Kier alpha value is -2.99. The number of amidine groups is 1. The molecule has 2 rings (SSSR count). The molecule has 0 amide bonds. The van der Waals surface area contributed by atoms with E-state index in [4.69, 9.17) is 16.3 Å². The van der Waals surface area contributed by atoms with E-state index in [9.17, 15) is 0 Å². The van der Waals surface area contributed by atoms with Crippen LogP contribution in [0.1, 0.15) is 38.3 Å². The second kappa shape index (κ2) is 11.9. The van der Waals surface area contributed by atoms with Gasteiger partial charge < -0.3 is 21.3 Å². The molecule has 30 heavy (non-hydrogen) atoms. The first-order valence-electron chi connectivity index (χ1n) is 10.4. The lowest BCUT2D eigenvalue weighted by Crippen LogP contribution is -2.19. The minimum absolute atomic E-state index is 0.276. The Labute approximate surface area is 180 Å². The van der Waals surface area contributed by atoms with Gasteiger partial charge in [-0.15, -0.1) is 0 Å². The minimum Gasteiger partial charge on any atom is -0.497 e. The van der Waals surface area contributed by atoms with Crippen molar-refractivity contribution in [3.8, 4) is 0 Å². The van der Waals surface area contributed by atoms with Gasteiger partial charge in [0.2, 0.25) is 0 Å². The maximum Gasteiger partial charge on any atom is 0.150 e. The number of nitrogens with zero attached hydrogens (tertiary/aromatic N) is 1. The van der Waals surface area contributed by atoms with E-state index >= 15 is 0 Å². The molecule has 0 radical (unpaired) electrons. The molecule has 1 aromatic carbocycles. The standard InChI is InChI=1S/C24H35N5O/c1-5-27-29-24(25)20-10-12-23(28-26)21(16-20)15-19-8-6-7-17(2)14-22(30-4)11-9-18(3)13-19/h6-7,9-14,16-18,27-28H,5,8,15,26H2,1-4H3,(H2,25,29)/b7-6-,11-9-,19-13+,22-14+. The fourth-order valence-corrected chi connectivity index (χ4v) is 3.33. The van der Waals surface area contributed by atoms with E-state index in [1.54, 1.807) is 7.11 Å². The maximum absolute atomic E-state index is 6.12. The predicted molar refractivity (Wildman–Crippen MR) is 127 cm³/mol. The van der Waals surface area contributed by atoms with Crippen LogP contribution in [0.25, 0.3) is 0 Å². The van der Waals surface area contributed by atoms with Gasteiger partial charge in [-0.2, -0.15) is 5.10 Å². The number of allylic oxidation sites excluding steroid dienone is 7. The molecule has 6 nitrogen and oxygen atoms in total. The largest absolute Gasteiger partial charge is 0.497 e. The van der Waals surface area contributed by atoms with Crippen molar-refractivity contribution in [2.24, 2.45) is 28.5 Å². The molecule has 2 atom stereocenters. The molecule has 0 fully saturated rings. The van der Waals surface area contributed by atoms with Crippen LogP contribution in [0.2, 0.25) is 0 Å². The number of anilines is 1. The summed E-state index contributed by atoms with van der Waals surface area (Å²) in [6.07, 6.45) is 14.7. The van der Waals surface area contributed by atoms with Crippen molar-refractivity contribution in [1.29, 1.82) is 0 Å². The van der Waals surface area contributed by atoms with Crippen molar-refractivity contribution in [3.05, 3.63) is 77.1 Å². The Bertz CT molecular complexity index is 851. The zero-order valence-corrected chi connectivity index (χ0v) is 18.5. The molecule has 0 bridgehead atoms. The monoisotopic (exact) mass is 409 g/mol. The summed E-state index contributed by atoms with van der Waals surface area (Å²) in [5, 5.41) is 4.19. The van der Waals surface area contributed by atoms with Crippen molar-refractivity contribution in [3.63, 3.8) is 0 Å². The lowest BCUT2D eigenvalue weighted by Gasteiger charge is -2.14. The molecule has 0 spiro atoms. The van der Waals surface area contributed by atoms with Crippen LogP contribution in [-0.2, 0) is 11.2 Å². The van der Waals surface area contributed by atoms with Crippen molar-refractivity contribution < 1.29 is 4.74 Å². The molecule has 0 aromatic heterocycles. The van der Waals surface area contributed by atoms with Crippen molar-refractivity contribution >= 4 is 11.5 Å². The summed E-state index contributed by atoms with van der Waals surface area (Å²) >= 11 is 0. The number of nitrogen functional groups attached to an aromatic ring is 1. The van der Waals surface area contributed by atoms with Gasteiger partial charge in [-0.3, -0.25) is 5.84 Å². The Morgan fingerprint density at radius 3 is 2.67 bits per heavy atom. The summed E-state index contributed by atoms with van der Waals surface area (Å²) < 4.78 is 5.47. The van der Waals surface area contributed by atoms with Crippen LogP contribution < -0.4 is 22.4 Å². The zero-order valence-electron chi connectivity index (χ0n) is 18.5. The van der Waals surface area contributed by atoms with Crippen molar-refractivity contribution in [2.45, 2.75) is 33.6 Å². The van der Waals surface area contributed by atoms with E-state index in [1.807, 2.05) is 25.1 Å². The van der Waals surface area contributed by atoms with Crippen LogP contribution in [0.4, 0.5) is 5.69 Å². The summed E-state index contributed by atoms with van der Waals surface area (Å²) in [6.45, 7) is 7.03. The van der Waals surface area contributed by atoms with Crippen LogP contribution in [0.3, 0.4) is 0 Å². The van der Waals surface area contributed by atoms with Crippen molar-refractivity contribution in [2.75, 3.05) is 19.1 Å². The number of methoxy groups -OCH3 is 1. The summed E-state index contributed by atoms with van der Waals surface area (Å²) in [7, 11) is 1.71. The zero-order chi connectivity index (χ0) is 21.9. The highest BCUT2D eigenvalue weighted by Crippen LogP contribution is 2.24. The van der Waals surface area contributed by atoms with Gasteiger partial charge in [-0.25, -0.2) is 0 Å². The number of benzene rings is 1. The van der Waals surface area contributed by atoms with Crippen molar-refractivity contribution in [1.82, 2.24) is 5.43 Å². The number of rotatable bonds is 7. The molecule has 0 aliphatic heterocycles. The maximum atomic E-state index is 6.12. The highest BCUT2D eigenvalue weighted by Gasteiger charge is 2.10. The molecular weight excluding hydrogens is 374 g/mol. The van der Waals surface area contributed by atoms with E-state index in [0.29, 0.717) is 11.8 Å². The third-order valence-electron chi connectivity index (χ3n) is 4.88. The summed E-state index contributed by atoms with van der Waals surface area (Å²) in [6, 6.07) is 5.92. The number of hydrazone groups is 1. The summed E-state index contributed by atoms with van der Waals surface area (Å²) in [5.74, 6) is 7.69. The number of ether oxygens (including phenoxy) is 1. The molecule has 1 aliphatic carbocycles. The average molecular weight is 410 g/mol. The second-order valence-corrected chi connectivity index (χ2v) is 7.51. The molecule has 0 heterocycles. The first kappa shape index (κ1) is 23.3. The average Bonchev–Trinajstić information content (AvgIpc) is 2.76. The van der Waals surface area contributed by atoms with Crippen LogP contribution in [0, 0.1) is 11.8 Å². The van der Waals surface area contributed by atoms with Crippen LogP contribution >= 0.6 is 0 Å². The van der Waals surface area contributed by atoms with E-state index < -0.39 is 0 Å². The Kier molecular flexibility index (Phi) is 9.22. The molecule has 0 saturated heterocycles. The van der Waals surface area contributed by atoms with Gasteiger partial charge in [0, 0.05) is 12.1 Å². The van der Waals surface area contributed by atoms with Gasteiger partial charge >= 0.3 is 0 Å². The normalized spacial score (nSPS) is 25.7. The predicted octanol–water partition coefficient (Wildman–Crippen LogP) is 3.99. The molecule has 2 unspecified atom stereocenters. The summed E-state index contributed by atoms with van der Waals surface area (Å²) in [5.41, 5.74) is 16.0. The Balaban J connectivity index is 2.34. The molecule has 6 heteroatoms. The number of hydrazine groups is 1. The number of nitrogens with two attached hydrogens (primary N) is 2. The van der Waals surface area contributed by atoms with Gasteiger partial charge in [0.1, 0.15) is 5.76 Å². The van der Waals surface area contributed by atoms with Crippen LogP contribution in [0.5, 0.6) is 0 Å². The van der Waals surface area contributed by atoms with Gasteiger partial charge in [0.25, 0.3) is 0 Å². The first-order chi connectivity index (χ1) is 14.5. The number of hydrogen-bond donors (Lipinski definition) is 4. The van der Waals surface area contributed by atoms with Gasteiger partial charge in [-0.1, -0.05) is 43.7 Å². The molecule has 162 valence electrons. The quantitative estimate of drug-likeness (QED) is 0.179. The highest BCUT2D eigenvalue weighted by molar-refractivity contribution is 5.97. The number of hydrogen-bond acceptors (Lipinski definition) is 5. The van der Waals surface area contributed by atoms with E-state index in [2.05, 4.69) is 66.2 Å². The fraction of sp³-hybridized carbons (Fsp3) is 0.375. The van der Waals surface area contributed by atoms with Gasteiger partial charge in [0.05, 0.1) is 12.8 Å². The van der Waals surface area contributed by atoms with E-state index in [-0.39, 0.29) is 5.92 Å². The topological polar surface area (TPSA) is 97.7 Å². The van der Waals surface area contributed by atoms with Crippen LogP contribution in [-0.4, -0.2) is 19.5 Å². The molecule has 6 N–H and O–H groups in total. The Morgan fingerprint density at radius 2 is 1.97 bits per heavy atom. The van der Waals surface area contributed by atoms with Gasteiger partial charge in [-0.05, 0) is 67.5 Å². The third kappa shape index (κ3) is 7.12. The molecular formula is C24H35N5O. The SMILES string of the molecule is CCN/N=C(\N)c1ccc(NN)c(C/C2=C/C(C)/C=C\C(OC)=C/C(C)/C=C\C2)c1. The smallest absolute Gasteiger partial charge is 0.150 e. The third-order valence-corrected chi connectivity index (χ3v) is 4.88. The molecule has 1 aromatic rings. The van der Waals surface area contributed by atoms with E-state index in [1.165, 1.54) is 5.57 Å². The lowest BCUT2D eigenvalue weighted by atomic mass is 9.95. The first-order valence-corrected chi connectivity index (χ1v) is 10.4. The highest BCUT2D eigenvalue weighted by atomic mass is 16.5. The summed E-state index contributed by atoms with van der Waals surface area (Å²) in [4.78, 5) is 0. The van der Waals surface area contributed by atoms with Gasteiger partial charge in [0.15, 0.2) is 5.84 Å². The molecule has 0 saturated carbocycles. The van der Waals surface area contributed by atoms with Crippen LogP contribution in [0.15, 0.2) is 71.1 Å². The lowest BCUT2D eigenvalue weighted by molar-refractivity contribution is 0.303. The number of nitrogens with one attached hydrogen (secondary N) is 2. The minimum atomic E-state index is 0.276. The molecule has 1 aliphatic rings. The van der Waals surface area contributed by atoms with E-state index in [0.717, 1.165) is 42.0 Å².